The van der Waals surface area contributed by atoms with Crippen LogP contribution in [0.2, 0.25) is 0 Å². The quantitative estimate of drug-likeness (QED) is 0.873. The predicted octanol–water partition coefficient (Wildman–Crippen LogP) is 2.03. The molecular formula is C14H19FN2O. The Bertz CT molecular complexity index is 426. The van der Waals surface area contributed by atoms with E-state index in [1.54, 1.807) is 17.0 Å². The summed E-state index contributed by atoms with van der Waals surface area (Å²) < 4.78 is 13.5. The van der Waals surface area contributed by atoms with Crippen molar-refractivity contribution in [3.63, 3.8) is 0 Å². The van der Waals surface area contributed by atoms with Crippen LogP contribution >= 0.6 is 0 Å². The fraction of sp³-hybridized carbons (Fsp3) is 0.500. The van der Waals surface area contributed by atoms with Crippen LogP contribution in [0.4, 0.5) is 4.39 Å². The molecule has 1 aliphatic heterocycles. The number of benzene rings is 1. The lowest BCUT2D eigenvalue weighted by Gasteiger charge is -2.33. The van der Waals surface area contributed by atoms with Crippen LogP contribution in [0.3, 0.4) is 0 Å². The third-order valence-corrected chi connectivity index (χ3v) is 3.67. The molecule has 0 spiro atoms. The summed E-state index contributed by atoms with van der Waals surface area (Å²) in [6.45, 7) is 3.33. The largest absolute Gasteiger partial charge is 0.339 e. The van der Waals surface area contributed by atoms with Gasteiger partial charge in [0.1, 0.15) is 5.82 Å². The van der Waals surface area contributed by atoms with Gasteiger partial charge in [0.05, 0.1) is 5.56 Å². The fourth-order valence-electron chi connectivity index (χ4n) is 2.43. The second-order valence-electron chi connectivity index (χ2n) is 4.97. The molecule has 1 aromatic rings. The van der Waals surface area contributed by atoms with Crippen molar-refractivity contribution in [3.8, 4) is 0 Å². The van der Waals surface area contributed by atoms with Gasteiger partial charge in [0, 0.05) is 19.1 Å². The van der Waals surface area contributed by atoms with Crippen molar-refractivity contribution < 1.29 is 9.18 Å². The zero-order chi connectivity index (χ0) is 13.1. The van der Waals surface area contributed by atoms with Crippen molar-refractivity contribution in [2.24, 2.45) is 11.7 Å². The molecule has 1 fully saturated rings. The molecule has 3 nitrogen and oxygen atoms in total. The highest BCUT2D eigenvalue weighted by Gasteiger charge is 2.26. The summed E-state index contributed by atoms with van der Waals surface area (Å²) >= 11 is 0. The van der Waals surface area contributed by atoms with Crippen molar-refractivity contribution in [2.45, 2.75) is 25.8 Å². The van der Waals surface area contributed by atoms with Crippen LogP contribution in [0, 0.1) is 11.7 Å². The maximum Gasteiger partial charge on any atom is 0.256 e. The highest BCUT2D eigenvalue weighted by molar-refractivity contribution is 5.94. The summed E-state index contributed by atoms with van der Waals surface area (Å²) in [7, 11) is 0. The summed E-state index contributed by atoms with van der Waals surface area (Å²) in [5.41, 5.74) is 6.02. The first-order chi connectivity index (χ1) is 8.59. The van der Waals surface area contributed by atoms with Crippen molar-refractivity contribution in [2.75, 3.05) is 13.1 Å². The van der Waals surface area contributed by atoms with Gasteiger partial charge < -0.3 is 10.6 Å². The van der Waals surface area contributed by atoms with Gasteiger partial charge in [0.15, 0.2) is 0 Å². The fourth-order valence-corrected chi connectivity index (χ4v) is 2.43. The summed E-state index contributed by atoms with van der Waals surface area (Å²) in [6, 6.07) is 6.30. The van der Waals surface area contributed by atoms with E-state index in [2.05, 4.69) is 0 Å². The van der Waals surface area contributed by atoms with Crippen LogP contribution in [0.1, 0.15) is 30.1 Å². The topological polar surface area (TPSA) is 46.3 Å². The molecule has 0 aromatic heterocycles. The minimum absolute atomic E-state index is 0.163. The average molecular weight is 250 g/mol. The van der Waals surface area contributed by atoms with Gasteiger partial charge in [-0.3, -0.25) is 4.79 Å². The van der Waals surface area contributed by atoms with Crippen LogP contribution in [0.25, 0.3) is 0 Å². The van der Waals surface area contributed by atoms with E-state index in [-0.39, 0.29) is 17.5 Å². The number of hydrogen-bond acceptors (Lipinski definition) is 2. The molecule has 1 aliphatic rings. The zero-order valence-electron chi connectivity index (χ0n) is 10.6. The number of halogens is 1. The number of amides is 1. The Morgan fingerprint density at radius 1 is 1.39 bits per heavy atom. The number of hydrogen-bond donors (Lipinski definition) is 1. The molecule has 18 heavy (non-hydrogen) atoms. The van der Waals surface area contributed by atoms with E-state index < -0.39 is 5.82 Å². The molecule has 0 aliphatic carbocycles. The Balaban J connectivity index is 2.02. The molecule has 0 bridgehead atoms. The van der Waals surface area contributed by atoms with E-state index in [0.29, 0.717) is 19.0 Å². The molecule has 1 atom stereocenters. The van der Waals surface area contributed by atoms with Gasteiger partial charge in [-0.25, -0.2) is 4.39 Å². The van der Waals surface area contributed by atoms with Gasteiger partial charge in [-0.05, 0) is 37.8 Å². The number of piperidine rings is 1. The summed E-state index contributed by atoms with van der Waals surface area (Å²) in [5, 5.41) is 0. The van der Waals surface area contributed by atoms with Crippen molar-refractivity contribution in [3.05, 3.63) is 35.6 Å². The van der Waals surface area contributed by atoms with E-state index in [9.17, 15) is 9.18 Å². The molecule has 1 heterocycles. The summed E-state index contributed by atoms with van der Waals surface area (Å²) in [5.74, 6) is -0.192. The number of nitrogens with zero attached hydrogens (tertiary/aromatic N) is 1. The van der Waals surface area contributed by atoms with E-state index >= 15 is 0 Å². The van der Waals surface area contributed by atoms with Gasteiger partial charge in [0.2, 0.25) is 0 Å². The second-order valence-corrected chi connectivity index (χ2v) is 4.97. The molecule has 2 N–H and O–H groups in total. The molecule has 1 amide bonds. The minimum atomic E-state index is -0.447. The summed E-state index contributed by atoms with van der Waals surface area (Å²) in [4.78, 5) is 13.9. The van der Waals surface area contributed by atoms with E-state index in [1.165, 1.54) is 12.1 Å². The number of nitrogens with two attached hydrogens (primary N) is 1. The Morgan fingerprint density at radius 2 is 2.00 bits per heavy atom. The number of carbonyl (C=O) groups excluding carboxylic acids is 1. The number of carbonyl (C=O) groups is 1. The molecular weight excluding hydrogens is 231 g/mol. The van der Waals surface area contributed by atoms with Gasteiger partial charge in [-0.1, -0.05) is 12.1 Å². The standard InChI is InChI=1S/C14H19FN2O/c1-10(16)11-6-8-17(9-7-11)14(18)12-4-2-3-5-13(12)15/h2-5,10-11H,6-9,16H2,1H3. The van der Waals surface area contributed by atoms with E-state index in [1.807, 2.05) is 6.92 Å². The first-order valence-electron chi connectivity index (χ1n) is 6.39. The summed E-state index contributed by atoms with van der Waals surface area (Å²) in [6.07, 6.45) is 1.80. The molecule has 98 valence electrons. The maximum atomic E-state index is 13.5. The molecule has 1 aromatic carbocycles. The average Bonchev–Trinajstić information content (AvgIpc) is 2.38. The van der Waals surface area contributed by atoms with Crippen LogP contribution in [0.15, 0.2) is 24.3 Å². The number of rotatable bonds is 2. The first-order valence-corrected chi connectivity index (χ1v) is 6.39. The molecule has 0 radical (unpaired) electrons. The Morgan fingerprint density at radius 3 is 2.56 bits per heavy atom. The third-order valence-electron chi connectivity index (χ3n) is 3.67. The normalized spacial score (nSPS) is 18.7. The maximum absolute atomic E-state index is 13.5. The lowest BCUT2D eigenvalue weighted by atomic mass is 9.90. The van der Waals surface area contributed by atoms with Crippen molar-refractivity contribution >= 4 is 5.91 Å². The van der Waals surface area contributed by atoms with Crippen LogP contribution in [-0.2, 0) is 0 Å². The van der Waals surface area contributed by atoms with Crippen LogP contribution in [0.5, 0.6) is 0 Å². The Kier molecular flexibility index (Phi) is 3.97. The second kappa shape index (κ2) is 5.48. The zero-order valence-corrected chi connectivity index (χ0v) is 10.6. The molecule has 1 unspecified atom stereocenters. The van der Waals surface area contributed by atoms with Crippen LogP contribution in [-0.4, -0.2) is 29.9 Å². The van der Waals surface area contributed by atoms with Crippen molar-refractivity contribution in [1.82, 2.24) is 4.90 Å². The van der Waals surface area contributed by atoms with Gasteiger partial charge in [-0.2, -0.15) is 0 Å². The highest BCUT2D eigenvalue weighted by atomic mass is 19.1. The van der Waals surface area contributed by atoms with E-state index in [4.69, 9.17) is 5.73 Å². The lowest BCUT2D eigenvalue weighted by Crippen LogP contribution is -2.42. The molecule has 4 heteroatoms. The SMILES string of the molecule is CC(N)C1CCN(C(=O)c2ccccc2F)CC1. The van der Waals surface area contributed by atoms with Gasteiger partial charge in [0.25, 0.3) is 5.91 Å². The first kappa shape index (κ1) is 13.0. The predicted molar refractivity (Wildman–Crippen MR) is 68.7 cm³/mol. The van der Waals surface area contributed by atoms with Gasteiger partial charge in [-0.15, -0.1) is 0 Å². The van der Waals surface area contributed by atoms with Crippen LogP contribution < -0.4 is 5.73 Å². The molecule has 0 saturated carbocycles. The lowest BCUT2D eigenvalue weighted by molar-refractivity contribution is 0.0676. The highest BCUT2D eigenvalue weighted by Crippen LogP contribution is 2.21. The number of likely N-dealkylation sites (tertiary alicyclic amines) is 1. The minimum Gasteiger partial charge on any atom is -0.339 e. The van der Waals surface area contributed by atoms with Gasteiger partial charge >= 0.3 is 0 Å². The Labute approximate surface area is 107 Å². The molecule has 1 saturated heterocycles. The van der Waals surface area contributed by atoms with E-state index in [0.717, 1.165) is 12.8 Å². The monoisotopic (exact) mass is 250 g/mol. The molecule has 2 rings (SSSR count). The Hall–Kier alpha value is -1.42. The third kappa shape index (κ3) is 2.70. The smallest absolute Gasteiger partial charge is 0.256 e. The van der Waals surface area contributed by atoms with Crippen molar-refractivity contribution in [1.29, 1.82) is 0 Å².